The molecule has 1 unspecified atom stereocenters. The van der Waals surface area contributed by atoms with Gasteiger partial charge in [-0.1, -0.05) is 31.9 Å². The Morgan fingerprint density at radius 1 is 1.15 bits per heavy atom. The highest BCUT2D eigenvalue weighted by Crippen LogP contribution is 2.35. The van der Waals surface area contributed by atoms with Crippen molar-refractivity contribution in [3.63, 3.8) is 0 Å². The minimum atomic E-state index is 0.902. The number of rotatable bonds is 1. The van der Waals surface area contributed by atoms with Crippen molar-refractivity contribution in [2.75, 3.05) is 6.16 Å². The third-order valence-electron chi connectivity index (χ3n) is 3.53. The van der Waals surface area contributed by atoms with Gasteiger partial charge < -0.3 is 0 Å². The van der Waals surface area contributed by atoms with Crippen LogP contribution in [0.25, 0.3) is 0 Å². The number of hydrogen-bond donors (Lipinski definition) is 0. The molecule has 1 aliphatic carbocycles. The highest BCUT2D eigenvalue weighted by atomic mass is 31.1. The fraction of sp³-hybridized carbons (Fsp3) is 0.750. The number of hydrogen-bond acceptors (Lipinski definition) is 0. The van der Waals surface area contributed by atoms with Crippen LogP contribution < -0.4 is 0 Å². The quantitative estimate of drug-likeness (QED) is 0.558. The Kier molecular flexibility index (Phi) is 3.22. The molecule has 0 aromatic heterocycles. The van der Waals surface area contributed by atoms with Gasteiger partial charge in [-0.25, -0.2) is 0 Å². The summed E-state index contributed by atoms with van der Waals surface area (Å²) in [6.07, 6.45) is 12.0. The Bertz CT molecular complexity index is 209. The van der Waals surface area contributed by atoms with Gasteiger partial charge in [-0.3, -0.25) is 0 Å². The summed E-state index contributed by atoms with van der Waals surface area (Å²) in [6.45, 7) is 2.40. The third kappa shape index (κ3) is 2.44. The molecule has 2 rings (SSSR count). The van der Waals surface area contributed by atoms with Crippen molar-refractivity contribution in [3.05, 3.63) is 12.2 Å². The van der Waals surface area contributed by atoms with Crippen molar-refractivity contribution >= 4 is 14.0 Å². The summed E-state index contributed by atoms with van der Waals surface area (Å²) < 4.78 is 0. The lowest BCUT2D eigenvalue weighted by Crippen LogP contribution is -2.21. The zero-order valence-electron chi connectivity index (χ0n) is 8.45. The lowest BCUT2D eigenvalue weighted by molar-refractivity contribution is 0.251. The van der Waals surface area contributed by atoms with Gasteiger partial charge in [0, 0.05) is 0 Å². The fourth-order valence-corrected chi connectivity index (χ4v) is 3.52. The molecule has 2 aliphatic rings. The van der Waals surface area contributed by atoms with Crippen molar-refractivity contribution in [1.82, 2.24) is 0 Å². The molecule has 72 valence electrons. The van der Waals surface area contributed by atoms with E-state index in [2.05, 4.69) is 24.9 Å². The van der Waals surface area contributed by atoms with E-state index in [1.165, 1.54) is 40.0 Å². The van der Waals surface area contributed by atoms with Gasteiger partial charge >= 0.3 is 0 Å². The summed E-state index contributed by atoms with van der Waals surface area (Å²) in [6, 6.07) is 0. The van der Waals surface area contributed by atoms with Crippen LogP contribution in [-0.4, -0.2) is 12.0 Å². The van der Waals surface area contributed by atoms with E-state index < -0.39 is 0 Å². The first kappa shape index (κ1) is 9.46. The van der Waals surface area contributed by atoms with Gasteiger partial charge in [0.2, 0.25) is 0 Å². The first-order valence-corrected chi connectivity index (χ1v) is 6.68. The second-order valence-corrected chi connectivity index (χ2v) is 5.61. The van der Waals surface area contributed by atoms with Crippen molar-refractivity contribution in [1.29, 1.82) is 0 Å². The molecule has 1 heteroatoms. The topological polar surface area (TPSA) is 0 Å². The molecule has 1 saturated carbocycles. The Morgan fingerprint density at radius 3 is 2.54 bits per heavy atom. The van der Waals surface area contributed by atoms with E-state index in [1.54, 1.807) is 0 Å². The molecule has 1 aliphatic heterocycles. The van der Waals surface area contributed by atoms with E-state index in [1.807, 2.05) is 0 Å². The highest BCUT2D eigenvalue weighted by molar-refractivity contribution is 7.39. The van der Waals surface area contributed by atoms with E-state index in [-0.39, 0.29) is 0 Å². The smallest absolute Gasteiger partial charge is 0.00405 e. The molecule has 0 N–H and O–H groups in total. The SMILES string of the molecule is CC1CCC(C2C=CC=PC2)CC1. The second-order valence-electron chi connectivity index (χ2n) is 4.58. The molecular weight excluding hydrogens is 175 g/mol. The van der Waals surface area contributed by atoms with Crippen molar-refractivity contribution in [2.45, 2.75) is 32.6 Å². The molecule has 0 aromatic rings. The third-order valence-corrected chi connectivity index (χ3v) is 4.55. The molecule has 0 radical (unpaired) electrons. The molecule has 0 spiro atoms. The molecule has 1 heterocycles. The van der Waals surface area contributed by atoms with Crippen LogP contribution in [0.5, 0.6) is 0 Å². The lowest BCUT2D eigenvalue weighted by Gasteiger charge is -2.31. The van der Waals surface area contributed by atoms with E-state index in [0.717, 1.165) is 17.8 Å². The van der Waals surface area contributed by atoms with Gasteiger partial charge in [-0.05, 0) is 42.6 Å². The van der Waals surface area contributed by atoms with Gasteiger partial charge in [-0.15, -0.1) is 8.20 Å². The van der Waals surface area contributed by atoms with Crippen LogP contribution in [0.2, 0.25) is 0 Å². The van der Waals surface area contributed by atoms with Crippen LogP contribution in [0.1, 0.15) is 32.6 Å². The molecule has 0 amide bonds. The van der Waals surface area contributed by atoms with Crippen LogP contribution in [0, 0.1) is 17.8 Å². The summed E-state index contributed by atoms with van der Waals surface area (Å²) >= 11 is 0. The molecule has 0 aromatic carbocycles. The maximum Gasteiger partial charge on any atom is -0.00405 e. The first-order valence-electron chi connectivity index (χ1n) is 5.53. The van der Waals surface area contributed by atoms with Crippen LogP contribution in [-0.2, 0) is 0 Å². The van der Waals surface area contributed by atoms with Gasteiger partial charge in [0.1, 0.15) is 0 Å². The molecule has 0 saturated heterocycles. The zero-order chi connectivity index (χ0) is 9.10. The standard InChI is InChI=1S/C12H19P/c1-10-4-6-11(7-5-10)12-3-2-8-13-9-12/h2-3,8,10-12H,4-7,9H2,1H3. The molecular formula is C12H19P. The minimum Gasteiger partial charge on any atom is -0.104 e. The Hall–Kier alpha value is -0.0900. The number of allylic oxidation sites excluding steroid dienone is 2. The molecule has 0 nitrogen and oxygen atoms in total. The lowest BCUT2D eigenvalue weighted by atomic mass is 9.77. The zero-order valence-corrected chi connectivity index (χ0v) is 9.34. The molecule has 1 fully saturated rings. The fourth-order valence-electron chi connectivity index (χ4n) is 2.52. The molecule has 1 atom stereocenters. The van der Waals surface area contributed by atoms with Crippen LogP contribution in [0.15, 0.2) is 12.2 Å². The molecule has 13 heavy (non-hydrogen) atoms. The van der Waals surface area contributed by atoms with Gasteiger partial charge in [-0.2, -0.15) is 0 Å². The summed E-state index contributed by atoms with van der Waals surface area (Å²) in [5.41, 5.74) is 0. The van der Waals surface area contributed by atoms with Crippen molar-refractivity contribution in [2.24, 2.45) is 17.8 Å². The average molecular weight is 194 g/mol. The summed E-state index contributed by atoms with van der Waals surface area (Å²) in [5.74, 6) is 5.18. The maximum absolute atomic E-state index is 2.44. The van der Waals surface area contributed by atoms with Crippen LogP contribution in [0.4, 0.5) is 0 Å². The first-order chi connectivity index (χ1) is 6.36. The minimum absolute atomic E-state index is 0.902. The van der Waals surface area contributed by atoms with Crippen molar-refractivity contribution < 1.29 is 0 Å². The van der Waals surface area contributed by atoms with Gasteiger partial charge in [0.05, 0.1) is 0 Å². The normalized spacial score (nSPS) is 40.5. The Labute approximate surface area is 83.2 Å². The van der Waals surface area contributed by atoms with E-state index in [0.29, 0.717) is 0 Å². The maximum atomic E-state index is 2.44. The summed E-state index contributed by atoms with van der Waals surface area (Å²) in [4.78, 5) is 0. The van der Waals surface area contributed by atoms with E-state index in [9.17, 15) is 0 Å². The monoisotopic (exact) mass is 194 g/mol. The Balaban J connectivity index is 1.87. The highest BCUT2D eigenvalue weighted by Gasteiger charge is 2.24. The second kappa shape index (κ2) is 4.42. The molecule has 0 bridgehead atoms. The predicted molar refractivity (Wildman–Crippen MR) is 61.6 cm³/mol. The van der Waals surface area contributed by atoms with Crippen LogP contribution >= 0.6 is 8.20 Å². The predicted octanol–water partition coefficient (Wildman–Crippen LogP) is 3.75. The van der Waals surface area contributed by atoms with E-state index in [4.69, 9.17) is 0 Å². The van der Waals surface area contributed by atoms with Crippen LogP contribution in [0.3, 0.4) is 0 Å². The van der Waals surface area contributed by atoms with Gasteiger partial charge in [0.15, 0.2) is 0 Å². The summed E-state index contributed by atoms with van der Waals surface area (Å²) in [5, 5.41) is 0. The largest absolute Gasteiger partial charge is 0.104 e. The van der Waals surface area contributed by atoms with Crippen molar-refractivity contribution in [3.8, 4) is 0 Å². The summed E-state index contributed by atoms with van der Waals surface area (Å²) in [7, 11) is 1.54. The Morgan fingerprint density at radius 2 is 1.92 bits per heavy atom. The van der Waals surface area contributed by atoms with E-state index >= 15 is 0 Å². The van der Waals surface area contributed by atoms with Gasteiger partial charge in [0.25, 0.3) is 0 Å². The average Bonchev–Trinajstić information content (AvgIpc) is 2.20.